The van der Waals surface area contributed by atoms with Crippen LogP contribution in [0.2, 0.25) is 0 Å². The number of nitro groups is 1. The van der Waals surface area contributed by atoms with E-state index in [1.807, 2.05) is 35.9 Å². The average Bonchev–Trinajstić information content (AvgIpc) is 3.18. The van der Waals surface area contributed by atoms with Crippen molar-refractivity contribution in [1.82, 2.24) is 9.99 Å². The van der Waals surface area contributed by atoms with E-state index in [4.69, 9.17) is 0 Å². The molecular formula is C12H12N4O3S. The van der Waals surface area contributed by atoms with Crippen LogP contribution in [0.25, 0.3) is 10.2 Å². The fraction of sp³-hybridized carbons (Fsp3) is 0.333. The molecule has 1 aliphatic rings. The second-order valence-corrected chi connectivity index (χ2v) is 5.70. The van der Waals surface area contributed by atoms with Crippen molar-refractivity contribution in [2.75, 3.05) is 0 Å². The van der Waals surface area contributed by atoms with Gasteiger partial charge in [0.1, 0.15) is 5.92 Å². The molecule has 1 heterocycles. The minimum atomic E-state index is -0.749. The lowest BCUT2D eigenvalue weighted by atomic mass is 10.3. The number of amides is 1. The zero-order chi connectivity index (χ0) is 14.3. The van der Waals surface area contributed by atoms with Crippen molar-refractivity contribution in [2.24, 2.45) is 18.1 Å². The van der Waals surface area contributed by atoms with Crippen molar-refractivity contribution >= 4 is 27.5 Å². The van der Waals surface area contributed by atoms with Gasteiger partial charge in [-0.2, -0.15) is 0 Å². The molecule has 0 aliphatic heterocycles. The summed E-state index contributed by atoms with van der Waals surface area (Å²) in [6.07, 6.45) is 0.299. The van der Waals surface area contributed by atoms with Crippen LogP contribution in [0.15, 0.2) is 29.4 Å². The fourth-order valence-electron chi connectivity index (χ4n) is 2.07. The Morgan fingerprint density at radius 1 is 1.55 bits per heavy atom. The number of thiazole rings is 1. The van der Waals surface area contributed by atoms with Gasteiger partial charge in [-0.15, -0.1) is 5.10 Å². The van der Waals surface area contributed by atoms with Gasteiger partial charge in [0.2, 0.25) is 16.8 Å². The second kappa shape index (κ2) is 4.71. The fourth-order valence-corrected chi connectivity index (χ4v) is 3.05. The van der Waals surface area contributed by atoms with Crippen LogP contribution in [-0.2, 0) is 11.8 Å². The lowest BCUT2D eigenvalue weighted by Crippen LogP contribution is -2.26. The maximum absolute atomic E-state index is 11.7. The number of nitrogens with zero attached hydrogens (tertiary/aromatic N) is 3. The molecule has 0 bridgehead atoms. The minimum Gasteiger partial charge on any atom is -0.318 e. The zero-order valence-electron chi connectivity index (χ0n) is 10.6. The molecule has 1 N–H and O–H groups in total. The zero-order valence-corrected chi connectivity index (χ0v) is 11.5. The summed E-state index contributed by atoms with van der Waals surface area (Å²) in [6, 6.07) is 7.07. The van der Waals surface area contributed by atoms with Gasteiger partial charge in [-0.1, -0.05) is 23.5 Å². The molecule has 3 rings (SSSR count). The molecule has 1 fully saturated rings. The maximum Gasteiger partial charge on any atom is 0.250 e. The third-order valence-corrected chi connectivity index (χ3v) is 4.45. The van der Waals surface area contributed by atoms with Crippen LogP contribution in [0, 0.1) is 16.0 Å². The molecule has 20 heavy (non-hydrogen) atoms. The molecule has 7 nitrogen and oxygen atoms in total. The van der Waals surface area contributed by atoms with E-state index in [0.29, 0.717) is 11.2 Å². The van der Waals surface area contributed by atoms with E-state index in [2.05, 4.69) is 10.5 Å². The number of hydrogen-bond acceptors (Lipinski definition) is 5. The van der Waals surface area contributed by atoms with E-state index >= 15 is 0 Å². The first-order valence-electron chi connectivity index (χ1n) is 6.09. The molecule has 8 heteroatoms. The van der Waals surface area contributed by atoms with Crippen molar-refractivity contribution in [3.8, 4) is 0 Å². The Morgan fingerprint density at radius 3 is 2.95 bits per heavy atom. The molecule has 0 radical (unpaired) electrons. The average molecular weight is 292 g/mol. The Labute approximate surface area is 117 Å². The second-order valence-electron chi connectivity index (χ2n) is 4.69. The van der Waals surface area contributed by atoms with Gasteiger partial charge < -0.3 is 4.57 Å². The SMILES string of the molecule is Cn1c(=NNC(=O)[C@H]2C[C@H]2[N+](=O)[O-])sc2ccccc21. The minimum absolute atomic E-state index is 0.299. The van der Waals surface area contributed by atoms with Crippen LogP contribution >= 0.6 is 11.3 Å². The van der Waals surface area contributed by atoms with Crippen LogP contribution in [0.1, 0.15) is 6.42 Å². The summed E-state index contributed by atoms with van der Waals surface area (Å²) < 4.78 is 2.94. The Kier molecular flexibility index (Phi) is 3.01. The topological polar surface area (TPSA) is 89.5 Å². The number of nitrogens with one attached hydrogen (secondary N) is 1. The number of fused-ring (bicyclic) bond motifs is 1. The summed E-state index contributed by atoms with van der Waals surface area (Å²) >= 11 is 1.45. The van der Waals surface area contributed by atoms with Gasteiger partial charge in [0.25, 0.3) is 0 Å². The molecule has 1 aliphatic carbocycles. The summed E-state index contributed by atoms with van der Waals surface area (Å²) in [5.41, 5.74) is 3.45. The van der Waals surface area contributed by atoms with E-state index in [9.17, 15) is 14.9 Å². The quantitative estimate of drug-likeness (QED) is 0.671. The van der Waals surface area contributed by atoms with Gasteiger partial charge in [0.05, 0.1) is 10.2 Å². The van der Waals surface area contributed by atoms with Gasteiger partial charge in [-0.25, -0.2) is 5.43 Å². The number of carbonyl (C=O) groups is 1. The maximum atomic E-state index is 11.7. The number of rotatable bonds is 3. The van der Waals surface area contributed by atoms with Crippen molar-refractivity contribution in [3.05, 3.63) is 39.2 Å². The van der Waals surface area contributed by atoms with Crippen molar-refractivity contribution in [2.45, 2.75) is 12.5 Å². The lowest BCUT2D eigenvalue weighted by molar-refractivity contribution is -0.497. The molecule has 104 valence electrons. The summed E-state index contributed by atoms with van der Waals surface area (Å²) in [6.45, 7) is 0. The molecule has 0 saturated heterocycles. The van der Waals surface area contributed by atoms with Crippen LogP contribution in [0.3, 0.4) is 0 Å². The summed E-state index contributed by atoms with van der Waals surface area (Å²) in [7, 11) is 1.86. The number of aryl methyl sites for hydroxylation is 1. The highest BCUT2D eigenvalue weighted by Crippen LogP contribution is 2.32. The normalized spacial score (nSPS) is 21.9. The Hall–Kier alpha value is -2.22. The summed E-state index contributed by atoms with van der Waals surface area (Å²) in [4.78, 5) is 22.5. The lowest BCUT2D eigenvalue weighted by Gasteiger charge is -1.96. The smallest absolute Gasteiger partial charge is 0.250 e. The summed E-state index contributed by atoms with van der Waals surface area (Å²) in [5, 5.41) is 14.6. The van der Waals surface area contributed by atoms with Crippen molar-refractivity contribution in [3.63, 3.8) is 0 Å². The van der Waals surface area contributed by atoms with Crippen molar-refractivity contribution < 1.29 is 9.72 Å². The van der Waals surface area contributed by atoms with Crippen molar-refractivity contribution in [1.29, 1.82) is 0 Å². The van der Waals surface area contributed by atoms with Crippen LogP contribution in [0.5, 0.6) is 0 Å². The molecule has 1 amide bonds. The van der Waals surface area contributed by atoms with E-state index in [0.717, 1.165) is 10.2 Å². The van der Waals surface area contributed by atoms with Crippen LogP contribution in [-0.4, -0.2) is 21.4 Å². The predicted octanol–water partition coefficient (Wildman–Crippen LogP) is 0.837. The first kappa shape index (κ1) is 12.8. The standard InChI is InChI=1S/C12H12N4O3S/c1-15-8-4-2-3-5-10(8)20-12(15)14-13-11(17)7-6-9(7)16(18)19/h2-5,7,9H,6H2,1H3,(H,13,17)/t7-,9+/m0/s1. The van der Waals surface area contributed by atoms with Gasteiger partial charge in [0.15, 0.2) is 0 Å². The third-order valence-electron chi connectivity index (χ3n) is 3.34. The Bertz CT molecular complexity index is 763. The van der Waals surface area contributed by atoms with Gasteiger partial charge in [0, 0.05) is 18.4 Å². The number of carbonyl (C=O) groups excluding carboxylic acids is 1. The molecule has 0 spiro atoms. The Morgan fingerprint density at radius 2 is 2.30 bits per heavy atom. The number of benzene rings is 1. The number of hydrogen-bond donors (Lipinski definition) is 1. The molecule has 1 aromatic heterocycles. The molecular weight excluding hydrogens is 280 g/mol. The highest BCUT2D eigenvalue weighted by molar-refractivity contribution is 7.16. The van der Waals surface area contributed by atoms with Crippen LogP contribution in [0.4, 0.5) is 0 Å². The third kappa shape index (κ3) is 2.18. The van der Waals surface area contributed by atoms with Gasteiger partial charge in [-0.3, -0.25) is 14.9 Å². The largest absolute Gasteiger partial charge is 0.318 e. The molecule has 1 aromatic carbocycles. The highest BCUT2D eigenvalue weighted by Gasteiger charge is 2.53. The molecule has 0 unspecified atom stereocenters. The van der Waals surface area contributed by atoms with Gasteiger partial charge >= 0.3 is 0 Å². The van der Waals surface area contributed by atoms with Gasteiger partial charge in [-0.05, 0) is 12.1 Å². The molecule has 2 aromatic rings. The molecule has 1 saturated carbocycles. The predicted molar refractivity (Wildman–Crippen MR) is 73.4 cm³/mol. The molecule has 2 atom stereocenters. The Balaban J connectivity index is 1.80. The summed E-state index contributed by atoms with van der Waals surface area (Å²) in [5.74, 6) is -0.933. The monoisotopic (exact) mass is 292 g/mol. The first-order chi connectivity index (χ1) is 9.58. The van der Waals surface area contributed by atoms with E-state index in [1.165, 1.54) is 11.3 Å². The number of aromatic nitrogens is 1. The highest BCUT2D eigenvalue weighted by atomic mass is 32.1. The number of para-hydroxylation sites is 1. The van der Waals surface area contributed by atoms with E-state index < -0.39 is 16.9 Å². The van der Waals surface area contributed by atoms with Crippen LogP contribution < -0.4 is 10.2 Å². The first-order valence-corrected chi connectivity index (χ1v) is 6.91. The van der Waals surface area contributed by atoms with E-state index in [1.54, 1.807) is 0 Å². The van der Waals surface area contributed by atoms with E-state index in [-0.39, 0.29) is 5.91 Å².